The van der Waals surface area contributed by atoms with Gasteiger partial charge in [-0.05, 0) is 18.8 Å². The summed E-state index contributed by atoms with van der Waals surface area (Å²) < 4.78 is 0. The van der Waals surface area contributed by atoms with Crippen molar-refractivity contribution in [1.82, 2.24) is 10.2 Å². The fourth-order valence-corrected chi connectivity index (χ4v) is 2.68. The van der Waals surface area contributed by atoms with E-state index >= 15 is 0 Å². The molecule has 1 heterocycles. The minimum Gasteiger partial charge on any atom is -0.313 e. The smallest absolute Gasteiger partial charge is 0.313 e. The van der Waals surface area contributed by atoms with E-state index < -0.39 is 5.54 Å². The van der Waals surface area contributed by atoms with Crippen LogP contribution in [0.4, 0.5) is 4.79 Å². The number of carbonyl (C=O) groups is 2. The lowest BCUT2D eigenvalue weighted by Gasteiger charge is -2.38. The second-order valence-corrected chi connectivity index (χ2v) is 4.55. The Labute approximate surface area is 83.6 Å². The first-order valence-corrected chi connectivity index (χ1v) is 5.15. The van der Waals surface area contributed by atoms with Gasteiger partial charge in [0.05, 0.1) is 0 Å². The van der Waals surface area contributed by atoms with Crippen molar-refractivity contribution >= 4 is 11.9 Å². The highest BCUT2D eigenvalue weighted by Gasteiger charge is 2.52. The van der Waals surface area contributed by atoms with E-state index in [0.717, 1.165) is 25.7 Å². The Bertz CT molecular complexity index is 290. The molecule has 1 spiro atoms. The number of urea groups is 1. The molecule has 1 saturated heterocycles. The quantitative estimate of drug-likeness (QED) is 0.590. The van der Waals surface area contributed by atoms with Crippen LogP contribution in [-0.2, 0) is 4.79 Å². The molecule has 1 aliphatic heterocycles. The van der Waals surface area contributed by atoms with Crippen LogP contribution in [0.15, 0.2) is 0 Å². The van der Waals surface area contributed by atoms with Crippen LogP contribution in [0.5, 0.6) is 0 Å². The monoisotopic (exact) mass is 196 g/mol. The topological polar surface area (TPSA) is 49.4 Å². The fraction of sp³-hybridized carbons (Fsp3) is 0.800. The van der Waals surface area contributed by atoms with Crippen molar-refractivity contribution in [2.75, 3.05) is 7.05 Å². The van der Waals surface area contributed by atoms with Crippen LogP contribution in [0, 0.1) is 5.92 Å². The molecule has 1 saturated carbocycles. The minimum absolute atomic E-state index is 0.100. The van der Waals surface area contributed by atoms with Crippen molar-refractivity contribution in [3.05, 3.63) is 0 Å². The van der Waals surface area contributed by atoms with Crippen molar-refractivity contribution in [1.29, 1.82) is 0 Å². The molecule has 0 aromatic carbocycles. The van der Waals surface area contributed by atoms with Gasteiger partial charge in [-0.15, -0.1) is 0 Å². The molecule has 0 bridgehead atoms. The lowest BCUT2D eigenvalue weighted by atomic mass is 9.76. The third-order valence-electron chi connectivity index (χ3n) is 3.56. The number of amides is 3. The molecule has 0 aromatic rings. The van der Waals surface area contributed by atoms with E-state index in [9.17, 15) is 9.59 Å². The second kappa shape index (κ2) is 2.97. The first kappa shape index (κ1) is 9.49. The largest absolute Gasteiger partial charge is 0.324 e. The van der Waals surface area contributed by atoms with E-state index in [1.807, 2.05) is 0 Å². The highest BCUT2D eigenvalue weighted by molar-refractivity contribution is 6.06. The molecule has 2 atom stereocenters. The highest BCUT2D eigenvalue weighted by Crippen LogP contribution is 2.38. The zero-order chi connectivity index (χ0) is 10.3. The molecule has 14 heavy (non-hydrogen) atoms. The van der Waals surface area contributed by atoms with Crippen LogP contribution in [0.2, 0.25) is 0 Å². The fourth-order valence-electron chi connectivity index (χ4n) is 2.68. The Morgan fingerprint density at radius 1 is 1.50 bits per heavy atom. The summed E-state index contributed by atoms with van der Waals surface area (Å²) in [6.07, 6.45) is 3.82. The maximum Gasteiger partial charge on any atom is 0.324 e. The lowest BCUT2D eigenvalue weighted by molar-refractivity contribution is -0.128. The van der Waals surface area contributed by atoms with Gasteiger partial charge in [0, 0.05) is 7.05 Å². The Morgan fingerprint density at radius 3 is 2.71 bits per heavy atom. The molecule has 2 rings (SSSR count). The van der Waals surface area contributed by atoms with Gasteiger partial charge in [-0.1, -0.05) is 19.8 Å². The molecule has 1 N–H and O–H groups in total. The number of imide groups is 1. The first-order valence-electron chi connectivity index (χ1n) is 5.15. The molecular weight excluding hydrogens is 180 g/mol. The summed E-state index contributed by atoms with van der Waals surface area (Å²) in [6, 6.07) is -0.246. The van der Waals surface area contributed by atoms with Gasteiger partial charge in [0.2, 0.25) is 0 Å². The van der Waals surface area contributed by atoms with Gasteiger partial charge in [-0.2, -0.15) is 0 Å². The summed E-state index contributed by atoms with van der Waals surface area (Å²) in [6.45, 7) is 2.14. The van der Waals surface area contributed by atoms with Crippen LogP contribution in [0.3, 0.4) is 0 Å². The van der Waals surface area contributed by atoms with Crippen LogP contribution in [0.25, 0.3) is 0 Å². The predicted molar refractivity (Wildman–Crippen MR) is 51.7 cm³/mol. The first-order chi connectivity index (χ1) is 6.56. The van der Waals surface area contributed by atoms with Crippen molar-refractivity contribution in [3.8, 4) is 0 Å². The van der Waals surface area contributed by atoms with Gasteiger partial charge in [0.15, 0.2) is 0 Å². The molecule has 3 amide bonds. The number of nitrogens with zero attached hydrogens (tertiary/aromatic N) is 1. The molecule has 2 unspecified atom stereocenters. The second-order valence-electron chi connectivity index (χ2n) is 4.55. The maximum absolute atomic E-state index is 11.7. The number of hydrogen-bond donors (Lipinski definition) is 1. The Balaban J connectivity index is 2.29. The molecule has 4 nitrogen and oxygen atoms in total. The van der Waals surface area contributed by atoms with Gasteiger partial charge >= 0.3 is 6.03 Å². The normalized spacial score (nSPS) is 37.9. The van der Waals surface area contributed by atoms with Crippen LogP contribution < -0.4 is 5.32 Å². The molecular formula is C10H16N2O2. The van der Waals surface area contributed by atoms with Crippen molar-refractivity contribution < 1.29 is 9.59 Å². The predicted octanol–water partition coefficient (Wildman–Crippen LogP) is 1.12. The third-order valence-corrected chi connectivity index (χ3v) is 3.56. The van der Waals surface area contributed by atoms with E-state index in [1.165, 1.54) is 0 Å². The zero-order valence-corrected chi connectivity index (χ0v) is 8.67. The van der Waals surface area contributed by atoms with E-state index in [4.69, 9.17) is 0 Å². The lowest BCUT2D eigenvalue weighted by Crippen LogP contribution is -2.50. The molecule has 78 valence electrons. The Morgan fingerprint density at radius 2 is 2.21 bits per heavy atom. The minimum atomic E-state index is -0.533. The summed E-state index contributed by atoms with van der Waals surface area (Å²) in [5.74, 6) is 0.430. The number of carbonyl (C=O) groups excluding carboxylic acids is 2. The molecule has 4 heteroatoms. The average Bonchev–Trinajstić information content (AvgIpc) is 2.32. The van der Waals surface area contributed by atoms with Gasteiger partial charge in [-0.3, -0.25) is 10.1 Å². The summed E-state index contributed by atoms with van der Waals surface area (Å²) in [7, 11) is 1.72. The van der Waals surface area contributed by atoms with Crippen LogP contribution in [0.1, 0.15) is 32.6 Å². The zero-order valence-electron chi connectivity index (χ0n) is 8.67. The summed E-state index contributed by atoms with van der Waals surface area (Å²) in [5.41, 5.74) is -0.533. The molecule has 2 aliphatic rings. The average molecular weight is 196 g/mol. The van der Waals surface area contributed by atoms with Gasteiger partial charge in [0.25, 0.3) is 5.91 Å². The number of nitrogens with one attached hydrogen (secondary N) is 1. The number of rotatable bonds is 0. The van der Waals surface area contributed by atoms with E-state index in [-0.39, 0.29) is 11.9 Å². The summed E-state index contributed by atoms with van der Waals surface area (Å²) >= 11 is 0. The van der Waals surface area contributed by atoms with E-state index in [0.29, 0.717) is 5.92 Å². The van der Waals surface area contributed by atoms with Crippen molar-refractivity contribution in [2.45, 2.75) is 38.1 Å². The summed E-state index contributed by atoms with van der Waals surface area (Å²) in [5, 5.41) is 2.40. The molecule has 2 fully saturated rings. The molecule has 0 radical (unpaired) electrons. The van der Waals surface area contributed by atoms with Gasteiger partial charge in [-0.25, -0.2) is 4.79 Å². The SMILES string of the molecule is CC1CCCC2(C1)C(=O)NC(=O)N2C. The number of hydrogen-bond acceptors (Lipinski definition) is 2. The van der Waals surface area contributed by atoms with Crippen molar-refractivity contribution in [3.63, 3.8) is 0 Å². The molecule has 0 aromatic heterocycles. The number of likely N-dealkylation sites (N-methyl/N-ethyl adjacent to an activating group) is 1. The standard InChI is InChI=1S/C10H16N2O2/c1-7-4-3-5-10(6-7)8(13)11-9(14)12(10)2/h7H,3-6H2,1-2H3,(H,11,13,14). The van der Waals surface area contributed by atoms with Crippen LogP contribution in [-0.4, -0.2) is 29.4 Å². The highest BCUT2D eigenvalue weighted by atomic mass is 16.2. The van der Waals surface area contributed by atoms with Crippen molar-refractivity contribution in [2.24, 2.45) is 5.92 Å². The van der Waals surface area contributed by atoms with Gasteiger partial charge < -0.3 is 4.90 Å². The van der Waals surface area contributed by atoms with E-state index in [2.05, 4.69) is 12.2 Å². The third kappa shape index (κ3) is 1.13. The van der Waals surface area contributed by atoms with Crippen LogP contribution >= 0.6 is 0 Å². The Hall–Kier alpha value is -1.06. The van der Waals surface area contributed by atoms with Gasteiger partial charge in [0.1, 0.15) is 5.54 Å². The maximum atomic E-state index is 11.7. The van der Waals surface area contributed by atoms with E-state index in [1.54, 1.807) is 11.9 Å². The Kier molecular flexibility index (Phi) is 2.01. The molecule has 1 aliphatic carbocycles. The summed E-state index contributed by atoms with van der Waals surface area (Å²) in [4.78, 5) is 24.7.